The third kappa shape index (κ3) is 2.27. The van der Waals surface area contributed by atoms with Gasteiger partial charge in [0.05, 0.1) is 4.34 Å². The van der Waals surface area contributed by atoms with E-state index in [9.17, 15) is 13.2 Å². The van der Waals surface area contributed by atoms with E-state index in [4.69, 9.17) is 11.6 Å². The molecule has 2 heterocycles. The Balaban J connectivity index is 2.34. The molecule has 1 aliphatic rings. The van der Waals surface area contributed by atoms with Gasteiger partial charge in [-0.25, -0.2) is 8.42 Å². The van der Waals surface area contributed by atoms with Crippen LogP contribution in [0.4, 0.5) is 0 Å². The minimum Gasteiger partial charge on any atom is -0.343 e. The molecule has 0 N–H and O–H groups in total. The van der Waals surface area contributed by atoms with Crippen LogP contribution < -0.4 is 0 Å². The average molecular weight is 309 g/mol. The predicted molar refractivity (Wildman–Crippen MR) is 70.3 cm³/mol. The highest BCUT2D eigenvalue weighted by molar-refractivity contribution is 7.91. The molecule has 0 aromatic carbocycles. The third-order valence-corrected chi connectivity index (χ3v) is 6.60. The number of thiophene rings is 1. The molecule has 1 aromatic heterocycles. The summed E-state index contributed by atoms with van der Waals surface area (Å²) < 4.78 is 26.6. The highest BCUT2D eigenvalue weighted by atomic mass is 35.5. The molecule has 0 saturated carbocycles. The second-order valence-electron chi connectivity index (χ2n) is 4.11. The summed E-state index contributed by atoms with van der Waals surface area (Å²) in [6, 6.07) is 2.34. The Morgan fingerprint density at radius 1 is 1.39 bits per heavy atom. The van der Waals surface area contributed by atoms with E-state index in [-0.39, 0.29) is 10.1 Å². The summed E-state index contributed by atoms with van der Waals surface area (Å²) in [5.74, 6) is -0.188. The number of carbonyl (C=O) groups excluding carboxylic acids is 1. The van der Waals surface area contributed by atoms with Gasteiger partial charge in [0, 0.05) is 20.1 Å². The van der Waals surface area contributed by atoms with Gasteiger partial charge in [0.1, 0.15) is 10.3 Å². The van der Waals surface area contributed by atoms with Crippen molar-refractivity contribution in [2.45, 2.75) is 17.2 Å². The maximum Gasteiger partial charge on any atom is 0.253 e. The lowest BCUT2D eigenvalue weighted by Crippen LogP contribution is -2.56. The fourth-order valence-electron chi connectivity index (χ4n) is 1.87. The van der Waals surface area contributed by atoms with E-state index in [0.717, 1.165) is 11.3 Å². The molecule has 0 aliphatic carbocycles. The second kappa shape index (κ2) is 4.80. The molecule has 0 radical (unpaired) electrons. The SMILES string of the molecule is CC1C(=O)N(C)CCN1S(=O)(=O)c1ccc(Cl)s1. The Hall–Kier alpha value is -0.630. The number of rotatable bonds is 2. The maximum atomic E-state index is 12.4. The molecule has 0 bridgehead atoms. The zero-order valence-corrected chi connectivity index (χ0v) is 12.3. The van der Waals surface area contributed by atoms with Crippen molar-refractivity contribution in [3.63, 3.8) is 0 Å². The van der Waals surface area contributed by atoms with Crippen molar-refractivity contribution < 1.29 is 13.2 Å². The molecule has 1 amide bonds. The average Bonchev–Trinajstić information content (AvgIpc) is 2.73. The number of halogens is 1. The van der Waals surface area contributed by atoms with Crippen LogP contribution in [0.2, 0.25) is 4.34 Å². The van der Waals surface area contributed by atoms with Crippen LogP contribution in [-0.2, 0) is 14.8 Å². The zero-order valence-electron chi connectivity index (χ0n) is 9.96. The summed E-state index contributed by atoms with van der Waals surface area (Å²) in [5.41, 5.74) is 0. The normalized spacial score (nSPS) is 22.5. The van der Waals surface area contributed by atoms with Gasteiger partial charge in [0.15, 0.2) is 0 Å². The van der Waals surface area contributed by atoms with Crippen LogP contribution in [-0.4, -0.2) is 49.7 Å². The number of likely N-dealkylation sites (N-methyl/N-ethyl adjacent to an activating group) is 1. The van der Waals surface area contributed by atoms with Crippen molar-refractivity contribution >= 4 is 38.9 Å². The molecule has 1 saturated heterocycles. The quantitative estimate of drug-likeness (QED) is 0.826. The van der Waals surface area contributed by atoms with E-state index in [2.05, 4.69) is 0 Å². The molecule has 0 spiro atoms. The van der Waals surface area contributed by atoms with Crippen LogP contribution in [0.3, 0.4) is 0 Å². The van der Waals surface area contributed by atoms with Gasteiger partial charge in [-0.1, -0.05) is 11.6 Å². The molecular weight excluding hydrogens is 296 g/mol. The van der Waals surface area contributed by atoms with Crippen molar-refractivity contribution in [3.05, 3.63) is 16.5 Å². The van der Waals surface area contributed by atoms with E-state index in [1.165, 1.54) is 15.3 Å². The molecule has 18 heavy (non-hydrogen) atoms. The Bertz CT molecular complexity index is 569. The largest absolute Gasteiger partial charge is 0.343 e. The van der Waals surface area contributed by atoms with Crippen molar-refractivity contribution in [1.29, 1.82) is 0 Å². The first kappa shape index (κ1) is 13.8. The highest BCUT2D eigenvalue weighted by Crippen LogP contribution is 2.30. The van der Waals surface area contributed by atoms with E-state index in [1.807, 2.05) is 0 Å². The number of nitrogens with zero attached hydrogens (tertiary/aromatic N) is 2. The number of carbonyl (C=O) groups is 1. The van der Waals surface area contributed by atoms with Crippen molar-refractivity contribution in [2.75, 3.05) is 20.1 Å². The molecule has 1 atom stereocenters. The molecule has 2 rings (SSSR count). The molecule has 8 heteroatoms. The van der Waals surface area contributed by atoms with Crippen LogP contribution in [0.15, 0.2) is 16.3 Å². The Labute approximate surface area is 115 Å². The van der Waals surface area contributed by atoms with E-state index in [1.54, 1.807) is 20.0 Å². The van der Waals surface area contributed by atoms with Crippen LogP contribution in [0.1, 0.15) is 6.92 Å². The summed E-state index contributed by atoms with van der Waals surface area (Å²) in [5, 5.41) is 0. The zero-order chi connectivity index (χ0) is 13.5. The summed E-state index contributed by atoms with van der Waals surface area (Å²) in [6.45, 7) is 2.31. The standard InChI is InChI=1S/C10H13ClN2O3S2/c1-7-10(14)12(2)5-6-13(7)18(15,16)9-4-3-8(11)17-9/h3-4,7H,5-6H2,1-2H3. The molecule has 1 aliphatic heterocycles. The Kier molecular flexibility index (Phi) is 3.68. The van der Waals surface area contributed by atoms with Gasteiger partial charge in [-0.2, -0.15) is 4.31 Å². The van der Waals surface area contributed by atoms with Crippen molar-refractivity contribution in [3.8, 4) is 0 Å². The first-order valence-electron chi connectivity index (χ1n) is 5.36. The van der Waals surface area contributed by atoms with Crippen LogP contribution in [0.25, 0.3) is 0 Å². The third-order valence-electron chi connectivity index (χ3n) is 2.93. The molecule has 1 unspecified atom stereocenters. The lowest BCUT2D eigenvalue weighted by Gasteiger charge is -2.35. The minimum absolute atomic E-state index is 0.178. The number of amides is 1. The summed E-state index contributed by atoms with van der Waals surface area (Å²) in [4.78, 5) is 13.4. The van der Waals surface area contributed by atoms with Gasteiger partial charge < -0.3 is 4.90 Å². The molecular formula is C10H13ClN2O3S2. The first-order valence-corrected chi connectivity index (χ1v) is 7.99. The Morgan fingerprint density at radius 2 is 2.06 bits per heavy atom. The van der Waals surface area contributed by atoms with Gasteiger partial charge >= 0.3 is 0 Å². The number of sulfonamides is 1. The van der Waals surface area contributed by atoms with E-state index >= 15 is 0 Å². The van der Waals surface area contributed by atoms with Crippen LogP contribution in [0, 0.1) is 0 Å². The first-order chi connectivity index (χ1) is 8.34. The van der Waals surface area contributed by atoms with E-state index in [0.29, 0.717) is 17.4 Å². The van der Waals surface area contributed by atoms with Crippen molar-refractivity contribution in [2.24, 2.45) is 0 Å². The fourth-order valence-corrected chi connectivity index (χ4v) is 5.07. The minimum atomic E-state index is -3.63. The maximum absolute atomic E-state index is 12.4. The lowest BCUT2D eigenvalue weighted by atomic mass is 10.2. The molecule has 100 valence electrons. The Morgan fingerprint density at radius 3 is 2.61 bits per heavy atom. The monoisotopic (exact) mass is 308 g/mol. The second-order valence-corrected chi connectivity index (χ2v) is 7.94. The topological polar surface area (TPSA) is 57.7 Å². The molecule has 5 nitrogen and oxygen atoms in total. The van der Waals surface area contributed by atoms with Gasteiger partial charge in [-0.15, -0.1) is 11.3 Å². The highest BCUT2D eigenvalue weighted by Gasteiger charge is 2.38. The summed E-state index contributed by atoms with van der Waals surface area (Å²) >= 11 is 6.76. The summed E-state index contributed by atoms with van der Waals surface area (Å²) in [7, 11) is -1.96. The number of piperazine rings is 1. The van der Waals surface area contributed by atoms with Gasteiger partial charge in [0.2, 0.25) is 5.91 Å². The smallest absolute Gasteiger partial charge is 0.253 e. The van der Waals surface area contributed by atoms with Crippen LogP contribution >= 0.6 is 22.9 Å². The van der Waals surface area contributed by atoms with Crippen LogP contribution in [0.5, 0.6) is 0 Å². The lowest BCUT2D eigenvalue weighted by molar-refractivity contribution is -0.136. The van der Waals surface area contributed by atoms with Gasteiger partial charge in [0.25, 0.3) is 10.0 Å². The number of hydrogen-bond donors (Lipinski definition) is 0. The predicted octanol–water partition coefficient (Wildman–Crippen LogP) is 1.25. The van der Waals surface area contributed by atoms with Crippen molar-refractivity contribution in [1.82, 2.24) is 9.21 Å². The number of hydrogen-bond acceptors (Lipinski definition) is 4. The summed E-state index contributed by atoms with van der Waals surface area (Å²) in [6.07, 6.45) is 0. The van der Waals surface area contributed by atoms with Gasteiger partial charge in [-0.3, -0.25) is 4.79 Å². The molecule has 1 aromatic rings. The van der Waals surface area contributed by atoms with Gasteiger partial charge in [-0.05, 0) is 19.1 Å². The fraction of sp³-hybridized carbons (Fsp3) is 0.500. The molecule has 1 fully saturated rings. The van der Waals surface area contributed by atoms with E-state index < -0.39 is 16.1 Å².